The van der Waals surface area contributed by atoms with Crippen molar-refractivity contribution in [1.82, 2.24) is 0 Å². The van der Waals surface area contributed by atoms with Crippen molar-refractivity contribution in [3.8, 4) is 0 Å². The summed E-state index contributed by atoms with van der Waals surface area (Å²) in [5.74, 6) is -2.61. The maximum Gasteiger partial charge on any atom is 0.299 e. The van der Waals surface area contributed by atoms with Gasteiger partial charge in [-0.3, -0.25) is 0 Å². The maximum atomic E-state index is 12.7. The van der Waals surface area contributed by atoms with Crippen LogP contribution in [0.25, 0.3) is 0 Å². The minimum atomic E-state index is -2.61. The molecule has 0 aliphatic heterocycles. The minimum Gasteiger partial charge on any atom is -0.196 e. The molecule has 0 saturated heterocycles. The zero-order valence-corrected chi connectivity index (χ0v) is 6.41. The molecule has 0 unspecified atom stereocenters. The summed E-state index contributed by atoms with van der Waals surface area (Å²) in [5.41, 5.74) is 2.31. The fraction of sp³-hybridized carbons (Fsp3) is 0.333. The summed E-state index contributed by atoms with van der Waals surface area (Å²) in [6, 6.07) is 3.15. The number of alkyl halides is 2. The van der Waals surface area contributed by atoms with Gasteiger partial charge in [-0.1, -0.05) is 0 Å². The Bertz CT molecular complexity index is 296. The predicted octanol–water partition coefficient (Wildman–Crippen LogP) is 2.76. The van der Waals surface area contributed by atoms with Crippen LogP contribution in [0.2, 0.25) is 0 Å². The Kier molecular flexibility index (Phi) is 1.00. The summed E-state index contributed by atoms with van der Waals surface area (Å²) in [7, 11) is 0. The molecule has 1 aromatic carbocycles. The zero-order chi connectivity index (χ0) is 8.22. The van der Waals surface area contributed by atoms with Gasteiger partial charge in [-0.15, -0.1) is 0 Å². The van der Waals surface area contributed by atoms with Gasteiger partial charge in [-0.2, -0.15) is 8.78 Å². The summed E-state index contributed by atoms with van der Waals surface area (Å²) < 4.78 is 25.4. The summed E-state index contributed by atoms with van der Waals surface area (Å²) in [6.45, 7) is 3.70. The number of aryl methyl sites for hydroxylation is 2. The number of benzene rings is 1. The SMILES string of the molecule is Cc1cc2c(cc1C)C2(F)F. The van der Waals surface area contributed by atoms with Gasteiger partial charge in [-0.05, 0) is 37.1 Å². The molecule has 0 amide bonds. The molecule has 0 aromatic heterocycles. The van der Waals surface area contributed by atoms with Crippen LogP contribution in [0.4, 0.5) is 8.78 Å². The van der Waals surface area contributed by atoms with Crippen LogP contribution < -0.4 is 0 Å². The Labute approximate surface area is 63.9 Å². The van der Waals surface area contributed by atoms with Gasteiger partial charge in [-0.25, -0.2) is 0 Å². The molecule has 1 aliphatic carbocycles. The summed E-state index contributed by atoms with van der Waals surface area (Å²) in [4.78, 5) is 0. The second kappa shape index (κ2) is 1.63. The molecule has 1 aliphatic rings. The molecular formula is C9H8F2. The van der Waals surface area contributed by atoms with E-state index in [1.807, 2.05) is 13.8 Å². The molecule has 0 heterocycles. The van der Waals surface area contributed by atoms with Crippen molar-refractivity contribution in [2.45, 2.75) is 19.8 Å². The lowest BCUT2D eigenvalue weighted by Gasteiger charge is -1.92. The molecule has 0 fully saturated rings. The van der Waals surface area contributed by atoms with Crippen LogP contribution in [0.5, 0.6) is 0 Å². The monoisotopic (exact) mass is 154 g/mol. The standard InChI is InChI=1S/C9H8F2/c1-5-3-7-8(4-6(5)2)9(7,10)11/h3-4H,1-2H3. The summed E-state index contributed by atoms with van der Waals surface area (Å²) in [6.07, 6.45) is 0. The fourth-order valence-electron chi connectivity index (χ4n) is 1.27. The Morgan fingerprint density at radius 3 is 1.73 bits per heavy atom. The highest BCUT2D eigenvalue weighted by Gasteiger charge is 2.52. The lowest BCUT2D eigenvalue weighted by Crippen LogP contribution is -1.83. The normalized spacial score (nSPS) is 17.8. The quantitative estimate of drug-likeness (QED) is 0.539. The Morgan fingerprint density at radius 2 is 1.36 bits per heavy atom. The highest BCUT2D eigenvalue weighted by atomic mass is 19.3. The Balaban J connectivity index is 2.59. The molecule has 0 bridgehead atoms. The third-order valence-corrected chi connectivity index (χ3v) is 2.25. The van der Waals surface area contributed by atoms with Crippen LogP contribution in [0.15, 0.2) is 12.1 Å². The van der Waals surface area contributed by atoms with Crippen LogP contribution in [0.1, 0.15) is 22.3 Å². The van der Waals surface area contributed by atoms with Crippen molar-refractivity contribution in [1.29, 1.82) is 0 Å². The van der Waals surface area contributed by atoms with E-state index in [4.69, 9.17) is 0 Å². The first kappa shape index (κ1) is 6.77. The van der Waals surface area contributed by atoms with Gasteiger partial charge in [0.25, 0.3) is 5.92 Å². The van der Waals surface area contributed by atoms with E-state index in [1.165, 1.54) is 0 Å². The lowest BCUT2D eigenvalue weighted by atomic mass is 10.1. The number of hydrogen-bond donors (Lipinski definition) is 0. The highest BCUT2D eigenvalue weighted by molar-refractivity contribution is 5.57. The molecule has 0 saturated carbocycles. The average Bonchev–Trinajstić information content (AvgIpc) is 2.39. The molecule has 2 heteroatoms. The number of hydrogen-bond acceptors (Lipinski definition) is 0. The third kappa shape index (κ3) is 0.724. The summed E-state index contributed by atoms with van der Waals surface area (Å²) in [5, 5.41) is 0. The van der Waals surface area contributed by atoms with E-state index in [0.717, 1.165) is 11.1 Å². The molecule has 0 spiro atoms. The van der Waals surface area contributed by atoms with Gasteiger partial charge in [0.15, 0.2) is 0 Å². The third-order valence-electron chi connectivity index (χ3n) is 2.25. The molecule has 0 N–H and O–H groups in total. The van der Waals surface area contributed by atoms with Crippen molar-refractivity contribution in [3.63, 3.8) is 0 Å². The van der Waals surface area contributed by atoms with Gasteiger partial charge in [0, 0.05) is 11.1 Å². The second-order valence-electron chi connectivity index (χ2n) is 3.06. The van der Waals surface area contributed by atoms with Crippen molar-refractivity contribution in [2.75, 3.05) is 0 Å². The number of rotatable bonds is 0. The lowest BCUT2D eigenvalue weighted by molar-refractivity contribution is 0.0989. The first-order chi connectivity index (χ1) is 5.03. The van der Waals surface area contributed by atoms with E-state index in [-0.39, 0.29) is 11.1 Å². The maximum absolute atomic E-state index is 12.7. The van der Waals surface area contributed by atoms with E-state index < -0.39 is 5.92 Å². The van der Waals surface area contributed by atoms with Crippen LogP contribution in [0.3, 0.4) is 0 Å². The van der Waals surface area contributed by atoms with Gasteiger partial charge in [0.05, 0.1) is 0 Å². The average molecular weight is 154 g/mol. The van der Waals surface area contributed by atoms with Crippen LogP contribution in [-0.2, 0) is 5.92 Å². The van der Waals surface area contributed by atoms with Crippen molar-refractivity contribution in [3.05, 3.63) is 34.4 Å². The molecule has 11 heavy (non-hydrogen) atoms. The van der Waals surface area contributed by atoms with Crippen molar-refractivity contribution in [2.24, 2.45) is 0 Å². The van der Waals surface area contributed by atoms with E-state index in [2.05, 4.69) is 0 Å². The van der Waals surface area contributed by atoms with Crippen molar-refractivity contribution < 1.29 is 8.78 Å². The van der Waals surface area contributed by atoms with Crippen LogP contribution >= 0.6 is 0 Å². The zero-order valence-electron chi connectivity index (χ0n) is 6.41. The van der Waals surface area contributed by atoms with Gasteiger partial charge < -0.3 is 0 Å². The van der Waals surface area contributed by atoms with Crippen LogP contribution in [-0.4, -0.2) is 0 Å². The molecule has 0 atom stereocenters. The molecule has 1 aromatic rings. The first-order valence-corrected chi connectivity index (χ1v) is 3.53. The van der Waals surface area contributed by atoms with E-state index in [1.54, 1.807) is 12.1 Å². The molecular weight excluding hydrogens is 146 g/mol. The number of halogens is 2. The van der Waals surface area contributed by atoms with Gasteiger partial charge in [0.2, 0.25) is 0 Å². The fourth-order valence-corrected chi connectivity index (χ4v) is 1.27. The van der Waals surface area contributed by atoms with Crippen molar-refractivity contribution >= 4 is 0 Å². The van der Waals surface area contributed by atoms with E-state index in [0.29, 0.717) is 0 Å². The predicted molar refractivity (Wildman–Crippen MR) is 38.9 cm³/mol. The topological polar surface area (TPSA) is 0 Å². The van der Waals surface area contributed by atoms with Crippen LogP contribution in [0, 0.1) is 13.8 Å². The van der Waals surface area contributed by atoms with Gasteiger partial charge >= 0.3 is 0 Å². The molecule has 0 radical (unpaired) electrons. The number of fused-ring (bicyclic) bond motifs is 1. The Hall–Kier alpha value is -0.920. The minimum absolute atomic E-state index is 0.209. The first-order valence-electron chi connectivity index (χ1n) is 3.53. The molecule has 2 rings (SSSR count). The van der Waals surface area contributed by atoms with E-state index in [9.17, 15) is 8.78 Å². The van der Waals surface area contributed by atoms with E-state index >= 15 is 0 Å². The molecule has 58 valence electrons. The molecule has 0 nitrogen and oxygen atoms in total. The summed E-state index contributed by atoms with van der Waals surface area (Å²) >= 11 is 0. The largest absolute Gasteiger partial charge is 0.299 e. The Morgan fingerprint density at radius 1 is 1.00 bits per heavy atom. The highest BCUT2D eigenvalue weighted by Crippen LogP contribution is 2.53. The van der Waals surface area contributed by atoms with Gasteiger partial charge in [0.1, 0.15) is 0 Å². The second-order valence-corrected chi connectivity index (χ2v) is 3.06. The smallest absolute Gasteiger partial charge is 0.196 e.